The fraction of sp³-hybridized carbons (Fsp3) is 0.529. The Bertz CT molecular complexity index is 572. The van der Waals surface area contributed by atoms with Crippen LogP contribution in [0.25, 0.3) is 0 Å². The number of nitrogens with one attached hydrogen (secondary N) is 1. The Morgan fingerprint density at radius 1 is 1.32 bits per heavy atom. The lowest BCUT2D eigenvalue weighted by Crippen LogP contribution is -2.41. The van der Waals surface area contributed by atoms with E-state index >= 15 is 0 Å². The molecule has 1 aromatic rings. The second-order valence-corrected chi connectivity index (χ2v) is 6.26. The van der Waals surface area contributed by atoms with Gasteiger partial charge >= 0.3 is 0 Å². The molecule has 0 spiro atoms. The van der Waals surface area contributed by atoms with Crippen LogP contribution >= 0.6 is 0 Å². The lowest BCUT2D eigenvalue weighted by atomic mass is 9.88. The molecule has 4 nitrogen and oxygen atoms in total. The third-order valence-corrected chi connectivity index (χ3v) is 4.49. The molecule has 2 aliphatic heterocycles. The highest BCUT2D eigenvalue weighted by atomic mass is 19.1. The van der Waals surface area contributed by atoms with Crippen molar-refractivity contribution in [1.29, 1.82) is 0 Å². The number of hydrogen-bond acceptors (Lipinski definition) is 3. The maximum atomic E-state index is 12.9. The predicted octanol–water partition coefficient (Wildman–Crippen LogP) is 2.47. The minimum Gasteiger partial charge on any atom is -0.374 e. The number of carbonyl (C=O) groups excluding carboxylic acids is 2. The lowest BCUT2D eigenvalue weighted by Gasteiger charge is -2.21. The summed E-state index contributed by atoms with van der Waals surface area (Å²) in [6, 6.07) is 5.22. The van der Waals surface area contributed by atoms with Crippen molar-refractivity contribution in [3.63, 3.8) is 0 Å². The van der Waals surface area contributed by atoms with Gasteiger partial charge in [0.25, 0.3) is 0 Å². The van der Waals surface area contributed by atoms with E-state index in [1.807, 2.05) is 6.92 Å². The van der Waals surface area contributed by atoms with E-state index in [2.05, 4.69) is 5.32 Å². The standard InChI is InChI=1S/C17H20FNO3/c1-10(8-15(20)11-2-4-12(18)5-3-11)19-17(21)14-9-13-6-7-16(14)22-13/h2-5,10,13-14,16H,6-9H2,1H3,(H,19,21). The molecule has 0 aromatic heterocycles. The Morgan fingerprint density at radius 2 is 2.05 bits per heavy atom. The van der Waals surface area contributed by atoms with Gasteiger partial charge in [0.1, 0.15) is 5.82 Å². The molecule has 2 saturated heterocycles. The zero-order chi connectivity index (χ0) is 15.7. The number of amides is 1. The van der Waals surface area contributed by atoms with E-state index in [1.165, 1.54) is 24.3 Å². The molecule has 1 N–H and O–H groups in total. The average molecular weight is 305 g/mol. The largest absolute Gasteiger partial charge is 0.374 e. The first-order chi connectivity index (χ1) is 10.5. The topological polar surface area (TPSA) is 55.4 Å². The molecule has 4 unspecified atom stereocenters. The van der Waals surface area contributed by atoms with Gasteiger partial charge in [-0.2, -0.15) is 0 Å². The van der Waals surface area contributed by atoms with Crippen molar-refractivity contribution in [2.24, 2.45) is 5.92 Å². The van der Waals surface area contributed by atoms with Gasteiger partial charge in [-0.15, -0.1) is 0 Å². The van der Waals surface area contributed by atoms with Crippen molar-refractivity contribution < 1.29 is 18.7 Å². The van der Waals surface area contributed by atoms with Gasteiger partial charge in [0.05, 0.1) is 18.1 Å². The van der Waals surface area contributed by atoms with Crippen molar-refractivity contribution in [3.8, 4) is 0 Å². The van der Waals surface area contributed by atoms with Crippen molar-refractivity contribution in [2.75, 3.05) is 0 Å². The number of benzene rings is 1. The van der Waals surface area contributed by atoms with Crippen LogP contribution in [0.2, 0.25) is 0 Å². The van der Waals surface area contributed by atoms with Crippen LogP contribution in [-0.4, -0.2) is 29.9 Å². The third-order valence-electron chi connectivity index (χ3n) is 4.49. The summed E-state index contributed by atoms with van der Waals surface area (Å²) in [6.45, 7) is 1.81. The summed E-state index contributed by atoms with van der Waals surface area (Å²) < 4.78 is 18.5. The zero-order valence-electron chi connectivity index (χ0n) is 12.5. The highest BCUT2D eigenvalue weighted by Crippen LogP contribution is 2.38. The van der Waals surface area contributed by atoms with E-state index in [1.54, 1.807) is 0 Å². The first-order valence-electron chi connectivity index (χ1n) is 7.77. The Balaban J connectivity index is 1.51. The van der Waals surface area contributed by atoms with E-state index in [0.29, 0.717) is 5.56 Å². The van der Waals surface area contributed by atoms with Crippen LogP contribution in [0.15, 0.2) is 24.3 Å². The number of ether oxygens (including phenoxy) is 1. The van der Waals surface area contributed by atoms with Gasteiger partial charge in [0, 0.05) is 18.0 Å². The number of hydrogen-bond donors (Lipinski definition) is 1. The fourth-order valence-corrected chi connectivity index (χ4v) is 3.35. The number of Topliss-reactive ketones (excluding diaryl/α,β-unsaturated/α-hetero) is 1. The van der Waals surface area contributed by atoms with Gasteiger partial charge in [-0.25, -0.2) is 4.39 Å². The van der Waals surface area contributed by atoms with Crippen LogP contribution in [0.4, 0.5) is 4.39 Å². The maximum absolute atomic E-state index is 12.9. The van der Waals surface area contributed by atoms with E-state index in [4.69, 9.17) is 4.74 Å². The van der Waals surface area contributed by atoms with Crippen LogP contribution in [0, 0.1) is 11.7 Å². The Kier molecular flexibility index (Phi) is 4.25. The molecule has 1 amide bonds. The number of rotatable bonds is 5. The Morgan fingerprint density at radius 3 is 2.64 bits per heavy atom. The summed E-state index contributed by atoms with van der Waals surface area (Å²) in [4.78, 5) is 24.4. The molecule has 0 aliphatic carbocycles. The van der Waals surface area contributed by atoms with Gasteiger partial charge in [-0.1, -0.05) is 0 Å². The van der Waals surface area contributed by atoms with Crippen LogP contribution in [0.1, 0.15) is 43.0 Å². The second kappa shape index (κ2) is 6.16. The molecule has 2 aliphatic rings. The summed E-state index contributed by atoms with van der Waals surface area (Å²) in [5.41, 5.74) is 0.464. The van der Waals surface area contributed by atoms with Crippen molar-refractivity contribution >= 4 is 11.7 Å². The summed E-state index contributed by atoms with van der Waals surface area (Å²) in [7, 11) is 0. The monoisotopic (exact) mass is 305 g/mol. The van der Waals surface area contributed by atoms with Gasteiger partial charge in [-0.3, -0.25) is 9.59 Å². The predicted molar refractivity (Wildman–Crippen MR) is 79.0 cm³/mol. The molecular weight excluding hydrogens is 285 g/mol. The normalized spacial score (nSPS) is 27.6. The molecule has 5 heteroatoms. The molecule has 118 valence electrons. The SMILES string of the molecule is CC(CC(=O)c1ccc(F)cc1)NC(=O)C1CC2CCC1O2. The van der Waals surface area contributed by atoms with Crippen LogP contribution in [0.3, 0.4) is 0 Å². The Labute approximate surface area is 129 Å². The molecule has 2 fully saturated rings. The average Bonchev–Trinajstić information content (AvgIpc) is 3.10. The van der Waals surface area contributed by atoms with Crippen molar-refractivity contribution in [1.82, 2.24) is 5.32 Å². The molecule has 4 atom stereocenters. The summed E-state index contributed by atoms with van der Waals surface area (Å²) in [5, 5.41) is 2.90. The lowest BCUT2D eigenvalue weighted by molar-refractivity contribution is -0.127. The molecule has 2 bridgehead atoms. The zero-order valence-corrected chi connectivity index (χ0v) is 12.5. The van der Waals surface area contributed by atoms with E-state index in [0.717, 1.165) is 19.3 Å². The minimum atomic E-state index is -0.366. The number of fused-ring (bicyclic) bond motifs is 2. The number of ketones is 1. The number of carbonyl (C=O) groups is 2. The fourth-order valence-electron chi connectivity index (χ4n) is 3.35. The van der Waals surface area contributed by atoms with Crippen LogP contribution in [-0.2, 0) is 9.53 Å². The first-order valence-corrected chi connectivity index (χ1v) is 7.77. The van der Waals surface area contributed by atoms with E-state index in [9.17, 15) is 14.0 Å². The van der Waals surface area contributed by atoms with Crippen molar-refractivity contribution in [3.05, 3.63) is 35.6 Å². The quantitative estimate of drug-likeness (QED) is 0.850. The van der Waals surface area contributed by atoms with Crippen LogP contribution in [0.5, 0.6) is 0 Å². The Hall–Kier alpha value is -1.75. The molecule has 3 rings (SSSR count). The molecule has 1 aromatic carbocycles. The summed E-state index contributed by atoms with van der Waals surface area (Å²) >= 11 is 0. The van der Waals surface area contributed by atoms with Gasteiger partial charge < -0.3 is 10.1 Å². The van der Waals surface area contributed by atoms with Gasteiger partial charge in [0.15, 0.2) is 5.78 Å². The molecule has 22 heavy (non-hydrogen) atoms. The maximum Gasteiger partial charge on any atom is 0.226 e. The van der Waals surface area contributed by atoms with Crippen molar-refractivity contribution in [2.45, 2.75) is 50.9 Å². The highest BCUT2D eigenvalue weighted by Gasteiger charge is 2.44. The molecular formula is C17H20FNO3. The smallest absolute Gasteiger partial charge is 0.226 e. The minimum absolute atomic E-state index is 0.0217. The third kappa shape index (κ3) is 3.19. The molecule has 0 saturated carbocycles. The van der Waals surface area contributed by atoms with Gasteiger partial charge in [0.2, 0.25) is 5.91 Å². The molecule has 2 heterocycles. The highest BCUT2D eigenvalue weighted by molar-refractivity contribution is 5.96. The van der Waals surface area contributed by atoms with Crippen LogP contribution < -0.4 is 5.32 Å². The number of halogens is 1. The second-order valence-electron chi connectivity index (χ2n) is 6.26. The summed E-state index contributed by atoms with van der Waals surface area (Å²) in [5.74, 6) is -0.570. The summed E-state index contributed by atoms with van der Waals surface area (Å²) in [6.07, 6.45) is 3.27. The molecule has 0 radical (unpaired) electrons. The van der Waals surface area contributed by atoms with E-state index in [-0.39, 0.29) is 48.1 Å². The first kappa shape index (κ1) is 15.2. The van der Waals surface area contributed by atoms with E-state index < -0.39 is 0 Å². The van der Waals surface area contributed by atoms with Gasteiger partial charge in [-0.05, 0) is 50.5 Å².